The molecule has 0 amide bonds. The minimum absolute atomic E-state index is 1.02. The Morgan fingerprint density at radius 1 is 1.00 bits per heavy atom. The highest BCUT2D eigenvalue weighted by Crippen LogP contribution is 2.15. The standard InChI is InChI=1S/C15H24IN/c1-12-9-13(2)15(14(3)10-12)11-17-8-6-4-5-7-16/h9-10,17H,4-8,11H2,1-3H3. The lowest BCUT2D eigenvalue weighted by Crippen LogP contribution is -2.16. The topological polar surface area (TPSA) is 12.0 Å². The molecule has 0 saturated carbocycles. The first-order valence-corrected chi connectivity index (χ1v) is 8.01. The molecule has 0 radical (unpaired) electrons. The van der Waals surface area contributed by atoms with Gasteiger partial charge in [0.25, 0.3) is 0 Å². The van der Waals surface area contributed by atoms with E-state index < -0.39 is 0 Å². The highest BCUT2D eigenvalue weighted by atomic mass is 127. The van der Waals surface area contributed by atoms with E-state index in [-0.39, 0.29) is 0 Å². The van der Waals surface area contributed by atoms with Gasteiger partial charge in [0.1, 0.15) is 0 Å². The second kappa shape index (κ2) is 8.09. The molecule has 0 aromatic heterocycles. The Hall–Kier alpha value is -0.0900. The van der Waals surface area contributed by atoms with Crippen LogP contribution in [0.3, 0.4) is 0 Å². The van der Waals surface area contributed by atoms with Crippen LogP contribution in [0.5, 0.6) is 0 Å². The van der Waals surface area contributed by atoms with Crippen molar-refractivity contribution in [2.45, 2.75) is 46.6 Å². The van der Waals surface area contributed by atoms with Crippen LogP contribution in [0.4, 0.5) is 0 Å². The predicted molar refractivity (Wildman–Crippen MR) is 85.1 cm³/mol. The number of hydrogen-bond acceptors (Lipinski definition) is 1. The summed E-state index contributed by atoms with van der Waals surface area (Å²) in [6, 6.07) is 4.56. The highest BCUT2D eigenvalue weighted by Gasteiger charge is 2.02. The van der Waals surface area contributed by atoms with E-state index in [1.165, 1.54) is 45.9 Å². The Morgan fingerprint density at radius 3 is 2.24 bits per heavy atom. The van der Waals surface area contributed by atoms with Crippen LogP contribution in [0.25, 0.3) is 0 Å². The van der Waals surface area contributed by atoms with Crippen molar-refractivity contribution in [3.63, 3.8) is 0 Å². The average molecular weight is 345 g/mol. The van der Waals surface area contributed by atoms with Gasteiger partial charge >= 0.3 is 0 Å². The molecular weight excluding hydrogens is 321 g/mol. The SMILES string of the molecule is Cc1cc(C)c(CNCCCCCI)c(C)c1. The van der Waals surface area contributed by atoms with Gasteiger partial charge < -0.3 is 5.32 Å². The summed E-state index contributed by atoms with van der Waals surface area (Å²) in [5.41, 5.74) is 5.68. The fourth-order valence-electron chi connectivity index (χ4n) is 2.22. The zero-order valence-corrected chi connectivity index (χ0v) is 13.4. The molecule has 0 aliphatic rings. The zero-order chi connectivity index (χ0) is 12.7. The van der Waals surface area contributed by atoms with E-state index in [1.54, 1.807) is 0 Å². The number of halogens is 1. The average Bonchev–Trinajstić information content (AvgIpc) is 2.26. The molecule has 0 aliphatic carbocycles. The fourth-order valence-corrected chi connectivity index (χ4v) is 2.76. The molecule has 0 spiro atoms. The molecule has 1 aromatic carbocycles. The van der Waals surface area contributed by atoms with Gasteiger partial charge in [-0.1, -0.05) is 46.7 Å². The van der Waals surface area contributed by atoms with Crippen LogP contribution >= 0.6 is 22.6 Å². The van der Waals surface area contributed by atoms with E-state index in [9.17, 15) is 0 Å². The van der Waals surface area contributed by atoms with Gasteiger partial charge in [0.2, 0.25) is 0 Å². The molecular formula is C15H24IN. The maximum absolute atomic E-state index is 3.56. The van der Waals surface area contributed by atoms with E-state index in [2.05, 4.69) is 60.8 Å². The third-order valence-electron chi connectivity index (χ3n) is 3.13. The van der Waals surface area contributed by atoms with Crippen LogP contribution < -0.4 is 5.32 Å². The lowest BCUT2D eigenvalue weighted by molar-refractivity contribution is 0.617. The maximum atomic E-state index is 3.56. The lowest BCUT2D eigenvalue weighted by atomic mass is 10.00. The van der Waals surface area contributed by atoms with E-state index >= 15 is 0 Å². The molecule has 0 unspecified atom stereocenters. The predicted octanol–water partition coefficient (Wildman–Crippen LogP) is 4.31. The molecule has 0 fully saturated rings. The fraction of sp³-hybridized carbons (Fsp3) is 0.600. The molecule has 0 heterocycles. The van der Waals surface area contributed by atoms with Gasteiger partial charge in [-0.2, -0.15) is 0 Å². The third-order valence-corrected chi connectivity index (χ3v) is 3.89. The number of hydrogen-bond donors (Lipinski definition) is 1. The van der Waals surface area contributed by atoms with Gasteiger partial charge in [-0.05, 0) is 61.3 Å². The minimum Gasteiger partial charge on any atom is -0.313 e. The normalized spacial score (nSPS) is 10.8. The summed E-state index contributed by atoms with van der Waals surface area (Å²) in [5, 5.41) is 3.56. The van der Waals surface area contributed by atoms with E-state index in [0.717, 1.165) is 13.1 Å². The van der Waals surface area contributed by atoms with Crippen molar-refractivity contribution >= 4 is 22.6 Å². The molecule has 0 aliphatic heterocycles. The molecule has 1 nitrogen and oxygen atoms in total. The van der Waals surface area contributed by atoms with Crippen molar-refractivity contribution in [1.82, 2.24) is 5.32 Å². The van der Waals surface area contributed by atoms with Crippen LogP contribution in [0.15, 0.2) is 12.1 Å². The van der Waals surface area contributed by atoms with E-state index in [4.69, 9.17) is 0 Å². The molecule has 0 atom stereocenters. The lowest BCUT2D eigenvalue weighted by Gasteiger charge is -2.12. The number of rotatable bonds is 7. The summed E-state index contributed by atoms with van der Waals surface area (Å²) in [6.07, 6.45) is 4.00. The number of aryl methyl sites for hydroxylation is 3. The Labute approximate surface area is 120 Å². The van der Waals surface area contributed by atoms with Gasteiger partial charge in [0.15, 0.2) is 0 Å². The van der Waals surface area contributed by atoms with Crippen LogP contribution in [0.1, 0.15) is 41.5 Å². The van der Waals surface area contributed by atoms with E-state index in [0.29, 0.717) is 0 Å². The van der Waals surface area contributed by atoms with Crippen LogP contribution in [-0.4, -0.2) is 11.0 Å². The Morgan fingerprint density at radius 2 is 1.65 bits per heavy atom. The Balaban J connectivity index is 2.36. The molecule has 1 rings (SSSR count). The zero-order valence-electron chi connectivity index (χ0n) is 11.3. The van der Waals surface area contributed by atoms with Crippen molar-refractivity contribution in [1.29, 1.82) is 0 Å². The number of nitrogens with one attached hydrogen (secondary N) is 1. The van der Waals surface area contributed by atoms with E-state index in [1.807, 2.05) is 0 Å². The number of benzene rings is 1. The van der Waals surface area contributed by atoms with Crippen molar-refractivity contribution < 1.29 is 0 Å². The highest BCUT2D eigenvalue weighted by molar-refractivity contribution is 14.1. The molecule has 0 saturated heterocycles. The summed E-state index contributed by atoms with van der Waals surface area (Å²) in [5.74, 6) is 0. The van der Waals surface area contributed by atoms with Crippen LogP contribution in [-0.2, 0) is 6.54 Å². The van der Waals surface area contributed by atoms with Crippen molar-refractivity contribution in [2.24, 2.45) is 0 Å². The van der Waals surface area contributed by atoms with Gasteiger partial charge in [-0.3, -0.25) is 0 Å². The monoisotopic (exact) mass is 345 g/mol. The van der Waals surface area contributed by atoms with Crippen LogP contribution in [0, 0.1) is 20.8 Å². The Bertz CT molecular complexity index is 324. The van der Waals surface area contributed by atoms with Gasteiger partial charge in [-0.25, -0.2) is 0 Å². The molecule has 17 heavy (non-hydrogen) atoms. The second-order valence-corrected chi connectivity index (χ2v) is 5.88. The van der Waals surface area contributed by atoms with Crippen molar-refractivity contribution in [2.75, 3.05) is 11.0 Å². The first kappa shape index (κ1) is 15.0. The second-order valence-electron chi connectivity index (χ2n) is 4.80. The van der Waals surface area contributed by atoms with Gasteiger partial charge in [0, 0.05) is 6.54 Å². The first-order chi connectivity index (χ1) is 8.15. The summed E-state index contributed by atoms with van der Waals surface area (Å²) in [6.45, 7) is 8.76. The smallest absolute Gasteiger partial charge is 0.0210 e. The largest absolute Gasteiger partial charge is 0.313 e. The number of alkyl halides is 1. The summed E-state index contributed by atoms with van der Waals surface area (Å²) in [4.78, 5) is 0. The third kappa shape index (κ3) is 5.38. The summed E-state index contributed by atoms with van der Waals surface area (Å²) < 4.78 is 1.29. The first-order valence-electron chi connectivity index (χ1n) is 6.48. The summed E-state index contributed by atoms with van der Waals surface area (Å²) >= 11 is 2.45. The molecule has 1 N–H and O–H groups in total. The number of unbranched alkanes of at least 4 members (excludes halogenated alkanes) is 2. The summed E-state index contributed by atoms with van der Waals surface area (Å²) in [7, 11) is 0. The van der Waals surface area contributed by atoms with Crippen LogP contribution in [0.2, 0.25) is 0 Å². The van der Waals surface area contributed by atoms with Gasteiger partial charge in [0.05, 0.1) is 0 Å². The van der Waals surface area contributed by atoms with Crippen molar-refractivity contribution in [3.8, 4) is 0 Å². The molecule has 2 heteroatoms. The molecule has 0 bridgehead atoms. The molecule has 96 valence electrons. The maximum Gasteiger partial charge on any atom is 0.0210 e. The van der Waals surface area contributed by atoms with Crippen molar-refractivity contribution in [3.05, 3.63) is 34.4 Å². The minimum atomic E-state index is 1.02. The van der Waals surface area contributed by atoms with Gasteiger partial charge in [-0.15, -0.1) is 0 Å². The Kier molecular flexibility index (Phi) is 7.12. The quantitative estimate of drug-likeness (QED) is 0.441. The molecule has 1 aromatic rings.